The van der Waals surface area contributed by atoms with Gasteiger partial charge in [-0.05, 0) is 115 Å². The lowest BCUT2D eigenvalue weighted by molar-refractivity contribution is -0.137. The van der Waals surface area contributed by atoms with Gasteiger partial charge in [0.25, 0.3) is 0 Å². The zero-order valence-electron chi connectivity index (χ0n) is 30.7. The monoisotopic (exact) mass is 780 g/mol. The van der Waals surface area contributed by atoms with Crippen LogP contribution < -0.4 is 0 Å². The highest BCUT2D eigenvalue weighted by atomic mass is 35.5. The van der Waals surface area contributed by atoms with Crippen LogP contribution >= 0.6 is 46.7 Å². The van der Waals surface area contributed by atoms with Crippen molar-refractivity contribution in [1.82, 2.24) is 0 Å². The van der Waals surface area contributed by atoms with Crippen LogP contribution in [0.3, 0.4) is 0 Å². The summed E-state index contributed by atoms with van der Waals surface area (Å²) in [5.74, 6) is -0.556. The standard InChI is InChI=1S/C23H29ClO2S.C21H25ClO2S/c1-23(2,3)18-11-15-20(16-12-18)27-21(22(25)26)8-6-4-5-7-17-9-13-19(24)14-10-17;22-19-13-11-18(12-14-19)9-5-2-6-10-20(21(23)24)25-16-15-17-7-3-1-4-8-17/h9-16,21H,4-8H2,1-3H3,(H,25,26);1,3-4,7-8,11-14,20H,2,5-6,9-10,15-16H2,(H,23,24). The molecule has 0 aliphatic carbocycles. The van der Waals surface area contributed by atoms with Gasteiger partial charge in [-0.25, -0.2) is 0 Å². The number of hydrogen-bond donors (Lipinski definition) is 2. The van der Waals surface area contributed by atoms with Crippen molar-refractivity contribution < 1.29 is 19.8 Å². The van der Waals surface area contributed by atoms with Crippen LogP contribution in [0.1, 0.15) is 94.4 Å². The van der Waals surface area contributed by atoms with Crippen LogP contribution in [0, 0.1) is 0 Å². The number of benzene rings is 4. The topological polar surface area (TPSA) is 74.6 Å². The summed E-state index contributed by atoms with van der Waals surface area (Å²) in [4.78, 5) is 24.1. The van der Waals surface area contributed by atoms with E-state index in [9.17, 15) is 19.8 Å². The molecule has 0 bridgehead atoms. The molecule has 0 aromatic heterocycles. The van der Waals surface area contributed by atoms with Crippen molar-refractivity contribution in [3.05, 3.63) is 135 Å². The second kappa shape index (κ2) is 23.7. The molecule has 4 rings (SSSR count). The molecule has 0 saturated carbocycles. The molecule has 0 spiro atoms. The molecule has 0 fully saturated rings. The van der Waals surface area contributed by atoms with Crippen molar-refractivity contribution in [2.24, 2.45) is 0 Å². The van der Waals surface area contributed by atoms with Gasteiger partial charge in [0.05, 0.1) is 0 Å². The molecule has 0 amide bonds. The summed E-state index contributed by atoms with van der Waals surface area (Å²) in [5, 5.41) is 19.8. The number of hydrogen-bond acceptors (Lipinski definition) is 4. The maximum absolute atomic E-state index is 11.6. The first kappa shape index (κ1) is 43.5. The largest absolute Gasteiger partial charge is 0.480 e. The molecule has 280 valence electrons. The maximum Gasteiger partial charge on any atom is 0.316 e. The minimum Gasteiger partial charge on any atom is -0.480 e. The Bertz CT molecular complexity index is 1590. The van der Waals surface area contributed by atoms with Crippen molar-refractivity contribution in [1.29, 1.82) is 0 Å². The van der Waals surface area contributed by atoms with Crippen molar-refractivity contribution in [3.63, 3.8) is 0 Å². The third-order valence-electron chi connectivity index (χ3n) is 8.79. The Kier molecular flexibility index (Phi) is 19.8. The zero-order valence-corrected chi connectivity index (χ0v) is 33.9. The lowest BCUT2D eigenvalue weighted by Gasteiger charge is -2.19. The fraction of sp³-hybridized carbons (Fsp3) is 0.409. The summed E-state index contributed by atoms with van der Waals surface area (Å²) in [7, 11) is 0. The van der Waals surface area contributed by atoms with E-state index in [0.29, 0.717) is 6.42 Å². The van der Waals surface area contributed by atoms with Gasteiger partial charge in [-0.1, -0.05) is 136 Å². The molecule has 52 heavy (non-hydrogen) atoms. The quantitative estimate of drug-likeness (QED) is 0.0687. The van der Waals surface area contributed by atoms with Crippen LogP contribution in [-0.4, -0.2) is 38.4 Å². The minimum atomic E-state index is -0.724. The van der Waals surface area contributed by atoms with Gasteiger partial charge in [-0.2, -0.15) is 0 Å². The number of unbranched alkanes of at least 4 members (excludes halogenated alkanes) is 4. The summed E-state index contributed by atoms with van der Waals surface area (Å²) < 4.78 is 0. The van der Waals surface area contributed by atoms with Gasteiger partial charge in [0.1, 0.15) is 10.5 Å². The Morgan fingerprint density at radius 1 is 0.577 bits per heavy atom. The van der Waals surface area contributed by atoms with Crippen molar-refractivity contribution in [2.45, 2.75) is 112 Å². The molecule has 4 nitrogen and oxygen atoms in total. The third kappa shape index (κ3) is 17.7. The number of carboxylic acid groups (broad SMARTS) is 2. The molecule has 0 radical (unpaired) electrons. The van der Waals surface area contributed by atoms with Crippen LogP contribution in [0.2, 0.25) is 10.0 Å². The summed E-state index contributed by atoms with van der Waals surface area (Å²) in [6, 6.07) is 34.4. The van der Waals surface area contributed by atoms with E-state index in [2.05, 4.69) is 69.3 Å². The second-order valence-electron chi connectivity index (χ2n) is 14.1. The fourth-order valence-corrected chi connectivity index (χ4v) is 8.02. The SMILES string of the molecule is CC(C)(C)c1ccc(SC(CCCCCc2ccc(Cl)cc2)C(=O)O)cc1.O=C(O)C(CCCCCc1ccc(Cl)cc1)SCCc1ccccc1. The Labute approximate surface area is 330 Å². The average Bonchev–Trinajstić information content (AvgIpc) is 3.12. The Morgan fingerprint density at radius 2 is 1.04 bits per heavy atom. The number of carbonyl (C=O) groups is 2. The van der Waals surface area contributed by atoms with Gasteiger partial charge in [0.15, 0.2) is 0 Å². The molecule has 8 heteroatoms. The summed E-state index contributed by atoms with van der Waals surface area (Å²) in [5.41, 5.74) is 5.21. The van der Waals surface area contributed by atoms with Gasteiger partial charge >= 0.3 is 11.9 Å². The van der Waals surface area contributed by atoms with Crippen LogP contribution in [0.5, 0.6) is 0 Å². The fourth-order valence-electron chi connectivity index (χ4n) is 5.65. The van der Waals surface area contributed by atoms with Crippen LogP contribution in [0.15, 0.2) is 108 Å². The number of carboxylic acids is 2. The smallest absolute Gasteiger partial charge is 0.316 e. The summed E-state index contributed by atoms with van der Waals surface area (Å²) >= 11 is 14.8. The molecule has 2 atom stereocenters. The Balaban J connectivity index is 0.000000281. The van der Waals surface area contributed by atoms with Gasteiger partial charge in [-0.15, -0.1) is 23.5 Å². The highest BCUT2D eigenvalue weighted by molar-refractivity contribution is 8.00. The lowest BCUT2D eigenvalue weighted by Crippen LogP contribution is -2.17. The first-order chi connectivity index (χ1) is 24.9. The molecule has 2 unspecified atom stereocenters. The third-order valence-corrected chi connectivity index (χ3v) is 11.8. The number of halogens is 2. The number of rotatable bonds is 20. The average molecular weight is 782 g/mol. The van der Waals surface area contributed by atoms with Crippen LogP contribution in [0.25, 0.3) is 0 Å². The van der Waals surface area contributed by atoms with E-state index in [-0.39, 0.29) is 15.9 Å². The first-order valence-corrected chi connectivity index (χ1v) is 21.0. The Morgan fingerprint density at radius 3 is 1.50 bits per heavy atom. The molecule has 4 aromatic rings. The Hall–Kier alpha value is -2.90. The van der Waals surface area contributed by atoms with Gasteiger partial charge in [-0.3, -0.25) is 9.59 Å². The van der Waals surface area contributed by atoms with Gasteiger partial charge in [0, 0.05) is 14.9 Å². The molecule has 0 heterocycles. The minimum absolute atomic E-state index is 0.111. The predicted molar refractivity (Wildman–Crippen MR) is 224 cm³/mol. The summed E-state index contributed by atoms with van der Waals surface area (Å²) in [6.45, 7) is 6.54. The van der Waals surface area contributed by atoms with Crippen molar-refractivity contribution >= 4 is 58.7 Å². The van der Waals surface area contributed by atoms with Crippen molar-refractivity contribution in [2.75, 3.05) is 5.75 Å². The molecular weight excluding hydrogens is 728 g/mol. The number of thioether (sulfide) groups is 2. The number of aryl methyl sites for hydroxylation is 3. The van der Waals surface area contributed by atoms with E-state index in [4.69, 9.17) is 23.2 Å². The highest BCUT2D eigenvalue weighted by Crippen LogP contribution is 2.30. The molecule has 0 aliphatic heterocycles. The first-order valence-electron chi connectivity index (χ1n) is 18.3. The normalized spacial score (nSPS) is 12.4. The van der Waals surface area contributed by atoms with E-state index in [1.165, 1.54) is 34.0 Å². The predicted octanol–water partition coefficient (Wildman–Crippen LogP) is 12.9. The van der Waals surface area contributed by atoms with Gasteiger partial charge < -0.3 is 10.2 Å². The molecule has 2 N–H and O–H groups in total. The zero-order chi connectivity index (χ0) is 37.8. The van der Waals surface area contributed by atoms with Crippen LogP contribution in [0.4, 0.5) is 0 Å². The molecular formula is C44H54Cl2O4S2. The van der Waals surface area contributed by atoms with E-state index in [1.807, 2.05) is 54.6 Å². The molecule has 0 saturated heterocycles. The van der Waals surface area contributed by atoms with Gasteiger partial charge in [0.2, 0.25) is 0 Å². The van der Waals surface area contributed by atoms with E-state index < -0.39 is 11.9 Å². The molecule has 0 aliphatic rings. The summed E-state index contributed by atoms with van der Waals surface area (Å²) in [6.07, 6.45) is 10.5. The van der Waals surface area contributed by atoms with E-state index >= 15 is 0 Å². The second-order valence-corrected chi connectivity index (χ2v) is 17.6. The lowest BCUT2D eigenvalue weighted by atomic mass is 9.87. The number of aliphatic carboxylic acids is 2. The van der Waals surface area contributed by atoms with E-state index in [1.54, 1.807) is 11.8 Å². The van der Waals surface area contributed by atoms with Crippen molar-refractivity contribution in [3.8, 4) is 0 Å². The van der Waals surface area contributed by atoms with E-state index in [0.717, 1.165) is 84.9 Å². The van der Waals surface area contributed by atoms with Crippen LogP contribution in [-0.2, 0) is 34.3 Å². The highest BCUT2D eigenvalue weighted by Gasteiger charge is 2.20. The maximum atomic E-state index is 11.6. The molecule has 4 aromatic carbocycles.